The molecule has 0 bridgehead atoms. The first-order chi connectivity index (χ1) is 7.75. The topological polar surface area (TPSA) is 75.6 Å². The Bertz CT molecular complexity index is 516. The molecule has 0 spiro atoms. The van der Waals surface area contributed by atoms with Gasteiger partial charge in [0.25, 0.3) is 5.56 Å². The summed E-state index contributed by atoms with van der Waals surface area (Å²) in [7, 11) is 1.91. The lowest BCUT2D eigenvalue weighted by atomic mass is 10.3. The highest BCUT2D eigenvalue weighted by Crippen LogP contribution is 2.01. The largest absolute Gasteiger partial charge is 0.383 e. The normalized spacial score (nSPS) is 10.3. The molecule has 0 aliphatic rings. The summed E-state index contributed by atoms with van der Waals surface area (Å²) in [5.41, 5.74) is 1.67. The zero-order valence-electron chi connectivity index (χ0n) is 8.97. The number of anilines is 1. The summed E-state index contributed by atoms with van der Waals surface area (Å²) in [4.78, 5) is 11.0. The second-order valence-corrected chi connectivity index (χ2v) is 3.46. The molecular formula is C10H13N5O. The van der Waals surface area contributed by atoms with Crippen molar-refractivity contribution in [2.24, 2.45) is 7.05 Å². The fourth-order valence-corrected chi connectivity index (χ4v) is 1.45. The van der Waals surface area contributed by atoms with Crippen LogP contribution in [0.1, 0.15) is 5.69 Å². The lowest BCUT2D eigenvalue weighted by Gasteiger charge is -2.05. The molecule has 2 aromatic heterocycles. The monoisotopic (exact) mass is 219 g/mol. The molecule has 0 fully saturated rings. The molecule has 0 saturated carbocycles. The van der Waals surface area contributed by atoms with Crippen molar-refractivity contribution in [2.75, 3.05) is 11.9 Å². The minimum atomic E-state index is -0.203. The van der Waals surface area contributed by atoms with E-state index in [4.69, 9.17) is 0 Å². The van der Waals surface area contributed by atoms with E-state index in [9.17, 15) is 4.79 Å². The van der Waals surface area contributed by atoms with Crippen LogP contribution in [0.15, 0.2) is 29.3 Å². The summed E-state index contributed by atoms with van der Waals surface area (Å²) in [5, 5.41) is 13.2. The Balaban J connectivity index is 1.89. The molecule has 0 aliphatic heterocycles. The molecule has 0 amide bonds. The van der Waals surface area contributed by atoms with Crippen LogP contribution in [0.4, 0.5) is 5.69 Å². The van der Waals surface area contributed by atoms with Crippen molar-refractivity contribution in [2.45, 2.75) is 6.42 Å². The van der Waals surface area contributed by atoms with Crippen molar-refractivity contribution >= 4 is 5.69 Å². The van der Waals surface area contributed by atoms with Crippen molar-refractivity contribution < 1.29 is 0 Å². The first kappa shape index (κ1) is 10.4. The maximum absolute atomic E-state index is 11.0. The molecule has 0 saturated heterocycles. The first-order valence-electron chi connectivity index (χ1n) is 5.01. The fourth-order valence-electron chi connectivity index (χ4n) is 1.45. The summed E-state index contributed by atoms with van der Waals surface area (Å²) in [6, 6.07) is 3.45. The number of hydrogen-bond donors (Lipinski definition) is 2. The van der Waals surface area contributed by atoms with Crippen LogP contribution >= 0.6 is 0 Å². The van der Waals surface area contributed by atoms with Gasteiger partial charge in [0.1, 0.15) is 0 Å². The van der Waals surface area contributed by atoms with Crippen molar-refractivity contribution in [3.63, 3.8) is 0 Å². The van der Waals surface area contributed by atoms with Crippen LogP contribution in [0.25, 0.3) is 0 Å². The summed E-state index contributed by atoms with van der Waals surface area (Å²) in [6.45, 7) is 0.741. The summed E-state index contributed by atoms with van der Waals surface area (Å²) >= 11 is 0. The number of aromatic amines is 1. The van der Waals surface area contributed by atoms with Gasteiger partial charge in [0.15, 0.2) is 0 Å². The van der Waals surface area contributed by atoms with Gasteiger partial charge in [-0.2, -0.15) is 10.2 Å². The van der Waals surface area contributed by atoms with Gasteiger partial charge >= 0.3 is 0 Å². The third kappa shape index (κ3) is 2.47. The molecule has 16 heavy (non-hydrogen) atoms. The van der Waals surface area contributed by atoms with E-state index in [2.05, 4.69) is 20.6 Å². The highest BCUT2D eigenvalue weighted by Gasteiger charge is 1.98. The molecule has 0 radical (unpaired) electrons. The van der Waals surface area contributed by atoms with E-state index in [-0.39, 0.29) is 5.56 Å². The minimum Gasteiger partial charge on any atom is -0.383 e. The minimum absolute atomic E-state index is 0.203. The van der Waals surface area contributed by atoms with Crippen molar-refractivity contribution in [3.05, 3.63) is 40.6 Å². The van der Waals surface area contributed by atoms with Gasteiger partial charge in [-0.25, -0.2) is 5.10 Å². The molecule has 2 N–H and O–H groups in total. The average Bonchev–Trinajstić information content (AvgIpc) is 2.65. The molecule has 0 unspecified atom stereocenters. The van der Waals surface area contributed by atoms with Gasteiger partial charge < -0.3 is 5.32 Å². The predicted molar refractivity (Wildman–Crippen MR) is 60.3 cm³/mol. The second-order valence-electron chi connectivity index (χ2n) is 3.46. The molecule has 0 aliphatic carbocycles. The number of nitrogens with zero attached hydrogens (tertiary/aromatic N) is 3. The third-order valence-electron chi connectivity index (χ3n) is 2.30. The lowest BCUT2D eigenvalue weighted by molar-refractivity contribution is 0.711. The Morgan fingerprint density at radius 3 is 3.12 bits per heavy atom. The SMILES string of the molecule is Cn1nccc1CCNc1cn[nH]c(=O)c1. The van der Waals surface area contributed by atoms with Crippen LogP contribution in [0.5, 0.6) is 0 Å². The molecule has 0 aromatic carbocycles. The van der Waals surface area contributed by atoms with E-state index >= 15 is 0 Å². The van der Waals surface area contributed by atoms with E-state index < -0.39 is 0 Å². The van der Waals surface area contributed by atoms with Gasteiger partial charge in [0.2, 0.25) is 0 Å². The predicted octanol–water partition coefficient (Wildman–Crippen LogP) is 0.158. The maximum atomic E-state index is 11.0. The number of aromatic nitrogens is 4. The Hall–Kier alpha value is -2.11. The van der Waals surface area contributed by atoms with Gasteiger partial charge in [-0.3, -0.25) is 9.48 Å². The van der Waals surface area contributed by atoms with E-state index in [0.29, 0.717) is 0 Å². The van der Waals surface area contributed by atoms with E-state index in [1.165, 1.54) is 6.07 Å². The zero-order chi connectivity index (χ0) is 11.4. The average molecular weight is 219 g/mol. The second kappa shape index (κ2) is 4.61. The van der Waals surface area contributed by atoms with Crippen molar-refractivity contribution in [1.29, 1.82) is 0 Å². The van der Waals surface area contributed by atoms with Crippen LogP contribution in [-0.2, 0) is 13.5 Å². The van der Waals surface area contributed by atoms with Gasteiger partial charge in [-0.1, -0.05) is 0 Å². The van der Waals surface area contributed by atoms with E-state index in [0.717, 1.165) is 24.3 Å². The van der Waals surface area contributed by atoms with Gasteiger partial charge in [-0.05, 0) is 6.07 Å². The third-order valence-corrected chi connectivity index (χ3v) is 2.30. The Morgan fingerprint density at radius 1 is 1.56 bits per heavy atom. The number of rotatable bonds is 4. The Kier molecular flexibility index (Phi) is 3.00. The number of hydrogen-bond acceptors (Lipinski definition) is 4. The van der Waals surface area contributed by atoms with Gasteiger partial charge in [-0.15, -0.1) is 0 Å². The van der Waals surface area contributed by atoms with Crippen LogP contribution in [0.2, 0.25) is 0 Å². The van der Waals surface area contributed by atoms with Crippen LogP contribution < -0.4 is 10.9 Å². The highest BCUT2D eigenvalue weighted by molar-refractivity contribution is 5.38. The molecule has 84 valence electrons. The molecule has 2 heterocycles. The maximum Gasteiger partial charge on any atom is 0.266 e. The van der Waals surface area contributed by atoms with Gasteiger partial charge in [0.05, 0.1) is 11.9 Å². The smallest absolute Gasteiger partial charge is 0.266 e. The molecule has 2 rings (SSSR count). The van der Waals surface area contributed by atoms with E-state index in [1.54, 1.807) is 12.4 Å². The molecule has 6 nitrogen and oxygen atoms in total. The van der Waals surface area contributed by atoms with Crippen LogP contribution in [0.3, 0.4) is 0 Å². The molecule has 2 aromatic rings. The van der Waals surface area contributed by atoms with E-state index in [1.807, 2.05) is 17.8 Å². The highest BCUT2D eigenvalue weighted by atomic mass is 16.1. The standard InChI is InChI=1S/C10H13N5O/c1-15-9(3-5-13-15)2-4-11-8-6-10(16)14-12-7-8/h3,5-7H,2,4H2,1H3,(H2,11,14,16). The number of aryl methyl sites for hydroxylation is 1. The van der Waals surface area contributed by atoms with Gasteiger partial charge in [0, 0.05) is 38.0 Å². The van der Waals surface area contributed by atoms with Crippen molar-refractivity contribution in [1.82, 2.24) is 20.0 Å². The summed E-state index contributed by atoms with van der Waals surface area (Å²) in [5.74, 6) is 0. The number of H-pyrrole nitrogens is 1. The number of nitrogens with one attached hydrogen (secondary N) is 2. The lowest BCUT2D eigenvalue weighted by Crippen LogP contribution is -2.12. The quantitative estimate of drug-likeness (QED) is 0.768. The Labute approximate surface area is 92.3 Å². The molecule has 0 atom stereocenters. The Morgan fingerprint density at radius 2 is 2.44 bits per heavy atom. The fraction of sp³-hybridized carbons (Fsp3) is 0.300. The van der Waals surface area contributed by atoms with Crippen LogP contribution in [0, 0.1) is 0 Å². The first-order valence-corrected chi connectivity index (χ1v) is 5.01. The molecule has 6 heteroatoms. The summed E-state index contributed by atoms with van der Waals surface area (Å²) < 4.78 is 1.83. The van der Waals surface area contributed by atoms with Crippen LogP contribution in [-0.4, -0.2) is 26.5 Å². The zero-order valence-corrected chi connectivity index (χ0v) is 8.97. The molecular weight excluding hydrogens is 206 g/mol. The summed E-state index contributed by atoms with van der Waals surface area (Å²) in [6.07, 6.45) is 4.21. The van der Waals surface area contributed by atoms with Crippen molar-refractivity contribution in [3.8, 4) is 0 Å².